The molecule has 0 saturated heterocycles. The van der Waals surface area contributed by atoms with Crippen LogP contribution in [0.3, 0.4) is 0 Å². The van der Waals surface area contributed by atoms with Gasteiger partial charge in [0.2, 0.25) is 0 Å². The SMILES string of the molecule is N=C1c2ccc3ccccc3c2C(=N)N1OC1=CC=CCC1=S. The molecule has 0 bridgehead atoms. The van der Waals surface area contributed by atoms with Crippen LogP contribution in [-0.4, -0.2) is 21.6 Å². The number of rotatable bonds is 2. The minimum atomic E-state index is 0.161. The highest BCUT2D eigenvalue weighted by Crippen LogP contribution is 2.31. The molecule has 0 atom stereocenters. The van der Waals surface area contributed by atoms with E-state index >= 15 is 0 Å². The quantitative estimate of drug-likeness (QED) is 0.824. The zero-order valence-electron chi connectivity index (χ0n) is 12.2. The average molecular weight is 319 g/mol. The second kappa shape index (κ2) is 5.14. The van der Waals surface area contributed by atoms with Gasteiger partial charge in [-0.25, -0.2) is 0 Å². The molecule has 0 saturated carbocycles. The summed E-state index contributed by atoms with van der Waals surface area (Å²) in [5, 5.41) is 20.0. The zero-order valence-corrected chi connectivity index (χ0v) is 13.0. The third kappa shape index (κ3) is 2.09. The zero-order chi connectivity index (χ0) is 16.0. The highest BCUT2D eigenvalue weighted by Gasteiger charge is 2.34. The van der Waals surface area contributed by atoms with Gasteiger partial charge in [-0.05, 0) is 22.9 Å². The summed E-state index contributed by atoms with van der Waals surface area (Å²) in [7, 11) is 0. The van der Waals surface area contributed by atoms with Crippen molar-refractivity contribution in [2.24, 2.45) is 0 Å². The number of hydroxylamine groups is 2. The molecule has 1 heterocycles. The van der Waals surface area contributed by atoms with Gasteiger partial charge in [0.05, 0.1) is 4.86 Å². The number of benzene rings is 2. The van der Waals surface area contributed by atoms with E-state index in [-0.39, 0.29) is 11.7 Å². The minimum absolute atomic E-state index is 0.161. The van der Waals surface area contributed by atoms with Crippen molar-refractivity contribution in [3.05, 3.63) is 71.5 Å². The lowest BCUT2D eigenvalue weighted by molar-refractivity contribution is 0.0285. The molecule has 2 aromatic rings. The second-order valence-corrected chi connectivity index (χ2v) is 5.87. The minimum Gasteiger partial charge on any atom is -0.370 e. The summed E-state index contributed by atoms with van der Waals surface area (Å²) in [6.07, 6.45) is 6.24. The number of thiocarbonyl (C=S) groups is 1. The van der Waals surface area contributed by atoms with E-state index in [2.05, 4.69) is 0 Å². The fourth-order valence-electron chi connectivity index (χ4n) is 2.84. The summed E-state index contributed by atoms with van der Waals surface area (Å²) in [6.45, 7) is 0. The lowest BCUT2D eigenvalue weighted by atomic mass is 10.0. The lowest BCUT2D eigenvalue weighted by Gasteiger charge is -2.21. The molecule has 2 aliphatic rings. The first-order valence-corrected chi connectivity index (χ1v) is 7.65. The van der Waals surface area contributed by atoms with Gasteiger partial charge in [-0.2, -0.15) is 0 Å². The standard InChI is InChI=1S/C18H13N3OS/c19-17-13-10-9-11-5-1-2-6-12(11)16(13)18(20)21(17)22-14-7-3-4-8-15(14)23/h1-7,9-10,19-20H,8H2. The van der Waals surface area contributed by atoms with Crippen LogP contribution in [0.1, 0.15) is 17.5 Å². The molecule has 23 heavy (non-hydrogen) atoms. The van der Waals surface area contributed by atoms with Crippen LogP contribution < -0.4 is 0 Å². The average Bonchev–Trinajstić information content (AvgIpc) is 2.82. The highest BCUT2D eigenvalue weighted by molar-refractivity contribution is 7.80. The number of nitrogens with zero attached hydrogens (tertiary/aromatic N) is 1. The Bertz CT molecular complexity index is 942. The van der Waals surface area contributed by atoms with E-state index < -0.39 is 0 Å². The number of allylic oxidation sites excluding steroid dienone is 4. The third-order valence-corrected chi connectivity index (χ3v) is 4.35. The van der Waals surface area contributed by atoms with Crippen LogP contribution in [0, 0.1) is 10.8 Å². The van der Waals surface area contributed by atoms with Gasteiger partial charge in [-0.1, -0.05) is 54.7 Å². The summed E-state index contributed by atoms with van der Waals surface area (Å²) < 4.78 is 0. The van der Waals surface area contributed by atoms with Crippen LogP contribution in [0.5, 0.6) is 0 Å². The number of amidine groups is 2. The smallest absolute Gasteiger partial charge is 0.172 e. The predicted octanol–water partition coefficient (Wildman–Crippen LogP) is 3.95. The molecule has 0 amide bonds. The Hall–Kier alpha value is -2.79. The van der Waals surface area contributed by atoms with E-state index in [0.29, 0.717) is 22.6 Å². The summed E-state index contributed by atoms with van der Waals surface area (Å²) in [4.78, 5) is 6.45. The molecule has 2 aromatic carbocycles. The van der Waals surface area contributed by atoms with E-state index in [1.165, 1.54) is 5.06 Å². The Morgan fingerprint density at radius 2 is 1.87 bits per heavy atom. The summed E-state index contributed by atoms with van der Waals surface area (Å²) in [5.41, 5.74) is 1.43. The first kappa shape index (κ1) is 13.8. The first-order chi connectivity index (χ1) is 11.2. The van der Waals surface area contributed by atoms with E-state index in [9.17, 15) is 0 Å². The fourth-order valence-corrected chi connectivity index (χ4v) is 3.04. The predicted molar refractivity (Wildman–Crippen MR) is 95.0 cm³/mol. The van der Waals surface area contributed by atoms with Crippen molar-refractivity contribution in [2.75, 3.05) is 0 Å². The van der Waals surface area contributed by atoms with Gasteiger partial charge >= 0.3 is 0 Å². The lowest BCUT2D eigenvalue weighted by Crippen LogP contribution is -2.31. The summed E-state index contributed by atoms with van der Waals surface area (Å²) >= 11 is 5.29. The van der Waals surface area contributed by atoms with Gasteiger partial charge in [0.15, 0.2) is 17.4 Å². The maximum atomic E-state index is 8.46. The molecule has 0 fully saturated rings. The molecule has 0 aromatic heterocycles. The van der Waals surface area contributed by atoms with Gasteiger partial charge < -0.3 is 4.84 Å². The van der Waals surface area contributed by atoms with Crippen LogP contribution in [0.25, 0.3) is 10.8 Å². The van der Waals surface area contributed by atoms with Crippen LogP contribution in [-0.2, 0) is 4.84 Å². The maximum absolute atomic E-state index is 8.46. The third-order valence-electron chi connectivity index (χ3n) is 3.98. The van der Waals surface area contributed by atoms with Crippen molar-refractivity contribution >= 4 is 39.5 Å². The topological polar surface area (TPSA) is 60.2 Å². The highest BCUT2D eigenvalue weighted by atomic mass is 32.1. The van der Waals surface area contributed by atoms with Crippen LogP contribution in [0.2, 0.25) is 0 Å². The molecule has 5 heteroatoms. The van der Waals surface area contributed by atoms with Crippen LogP contribution >= 0.6 is 12.2 Å². The first-order valence-electron chi connectivity index (χ1n) is 7.24. The van der Waals surface area contributed by atoms with Crippen LogP contribution in [0.4, 0.5) is 0 Å². The molecule has 4 rings (SSSR count). The summed E-state index contributed by atoms with van der Waals surface area (Å²) in [6, 6.07) is 11.7. The molecule has 1 aliphatic heterocycles. The Labute approximate surface area is 138 Å². The number of fused-ring (bicyclic) bond motifs is 3. The largest absolute Gasteiger partial charge is 0.370 e. The molecule has 0 radical (unpaired) electrons. The van der Waals surface area contributed by atoms with Gasteiger partial charge in [0, 0.05) is 17.5 Å². The second-order valence-electron chi connectivity index (χ2n) is 5.38. The van der Waals surface area contributed by atoms with E-state index in [1.807, 2.05) is 48.6 Å². The molecular formula is C18H13N3OS. The molecule has 0 unspecified atom stereocenters. The van der Waals surface area contributed by atoms with Gasteiger partial charge in [-0.15, -0.1) is 5.06 Å². The van der Waals surface area contributed by atoms with Gasteiger partial charge in [0.1, 0.15) is 0 Å². The molecule has 2 N–H and O–H groups in total. The number of hydrogen-bond donors (Lipinski definition) is 2. The molecule has 0 spiro atoms. The van der Waals surface area contributed by atoms with Crippen molar-refractivity contribution in [1.29, 1.82) is 10.8 Å². The summed E-state index contributed by atoms with van der Waals surface area (Å²) in [5.74, 6) is 0.850. The number of nitrogens with one attached hydrogen (secondary N) is 2. The molecule has 1 aliphatic carbocycles. The van der Waals surface area contributed by atoms with Crippen LogP contribution in [0.15, 0.2) is 60.4 Å². The molecule has 4 nitrogen and oxygen atoms in total. The number of hydrogen-bond acceptors (Lipinski definition) is 4. The van der Waals surface area contributed by atoms with E-state index in [0.717, 1.165) is 16.3 Å². The van der Waals surface area contributed by atoms with Crippen molar-refractivity contribution in [2.45, 2.75) is 6.42 Å². The normalized spacial score (nSPS) is 16.8. The maximum Gasteiger partial charge on any atom is 0.172 e. The van der Waals surface area contributed by atoms with E-state index in [1.54, 1.807) is 6.08 Å². The van der Waals surface area contributed by atoms with Crippen molar-refractivity contribution in [3.63, 3.8) is 0 Å². The Balaban J connectivity index is 1.78. The van der Waals surface area contributed by atoms with Crippen molar-refractivity contribution in [3.8, 4) is 0 Å². The van der Waals surface area contributed by atoms with Crippen molar-refractivity contribution < 1.29 is 4.84 Å². The van der Waals surface area contributed by atoms with Gasteiger partial charge in [-0.3, -0.25) is 10.8 Å². The fraction of sp³-hybridized carbons (Fsp3) is 0.0556. The molecular weight excluding hydrogens is 306 g/mol. The Kier molecular flexibility index (Phi) is 3.09. The van der Waals surface area contributed by atoms with Gasteiger partial charge in [0.25, 0.3) is 0 Å². The Morgan fingerprint density at radius 3 is 2.70 bits per heavy atom. The molecule has 112 valence electrons. The van der Waals surface area contributed by atoms with E-state index in [4.69, 9.17) is 27.9 Å². The Morgan fingerprint density at radius 1 is 1.04 bits per heavy atom. The monoisotopic (exact) mass is 319 g/mol. The van der Waals surface area contributed by atoms with Crippen molar-refractivity contribution in [1.82, 2.24) is 5.06 Å².